The molecular formula is C15H24N2O8. The van der Waals surface area contributed by atoms with E-state index in [0.717, 1.165) is 14.2 Å². The fraction of sp³-hybridized carbons (Fsp3) is 0.667. The second kappa shape index (κ2) is 11.0. The lowest BCUT2D eigenvalue weighted by Gasteiger charge is -2.26. The van der Waals surface area contributed by atoms with Crippen LogP contribution >= 0.6 is 0 Å². The monoisotopic (exact) mass is 360 g/mol. The molecule has 0 aromatic carbocycles. The normalized spacial score (nSPS) is 12.7. The van der Waals surface area contributed by atoms with E-state index in [9.17, 15) is 24.0 Å². The van der Waals surface area contributed by atoms with Crippen LogP contribution in [0.5, 0.6) is 0 Å². The molecule has 0 saturated heterocycles. The molecule has 0 fully saturated rings. The van der Waals surface area contributed by atoms with E-state index in [2.05, 4.69) is 19.5 Å². The maximum atomic E-state index is 11.9. The highest BCUT2D eigenvalue weighted by Crippen LogP contribution is 2.19. The van der Waals surface area contributed by atoms with Gasteiger partial charge in [-0.3, -0.25) is 24.0 Å². The molecule has 25 heavy (non-hydrogen) atoms. The third-order valence-electron chi connectivity index (χ3n) is 3.45. The van der Waals surface area contributed by atoms with Crippen LogP contribution in [0, 0.1) is 11.8 Å². The summed E-state index contributed by atoms with van der Waals surface area (Å²) in [7, 11) is 2.14. The molecule has 0 bridgehead atoms. The number of methoxy groups -OCH3 is 2. The van der Waals surface area contributed by atoms with Crippen LogP contribution < -0.4 is 11.1 Å². The molecule has 142 valence electrons. The van der Waals surface area contributed by atoms with Crippen molar-refractivity contribution in [3.8, 4) is 0 Å². The van der Waals surface area contributed by atoms with Crippen molar-refractivity contribution in [1.82, 2.24) is 5.32 Å². The number of rotatable bonds is 10. The van der Waals surface area contributed by atoms with Crippen LogP contribution in [0.15, 0.2) is 0 Å². The Bertz CT molecular complexity index is 504. The number of nitrogens with two attached hydrogens (primary N) is 1. The van der Waals surface area contributed by atoms with E-state index >= 15 is 0 Å². The van der Waals surface area contributed by atoms with Crippen molar-refractivity contribution in [2.24, 2.45) is 17.6 Å². The van der Waals surface area contributed by atoms with Crippen molar-refractivity contribution >= 4 is 29.7 Å². The van der Waals surface area contributed by atoms with Crippen LogP contribution in [-0.4, -0.2) is 56.6 Å². The zero-order valence-corrected chi connectivity index (χ0v) is 14.7. The van der Waals surface area contributed by atoms with Gasteiger partial charge in [0.15, 0.2) is 5.92 Å². The molecule has 0 radical (unpaired) electrons. The number of carbonyl (C=O) groups excluding carboxylic acids is 5. The van der Waals surface area contributed by atoms with Gasteiger partial charge in [0.25, 0.3) is 0 Å². The highest BCUT2D eigenvalue weighted by Gasteiger charge is 2.41. The minimum atomic E-state index is -1.45. The quantitative estimate of drug-likeness (QED) is 0.283. The number of esters is 3. The summed E-state index contributed by atoms with van der Waals surface area (Å²) in [5.74, 6) is -6.49. The average molecular weight is 360 g/mol. The van der Waals surface area contributed by atoms with E-state index in [1.165, 1.54) is 6.92 Å². The third-order valence-corrected chi connectivity index (χ3v) is 3.45. The van der Waals surface area contributed by atoms with Gasteiger partial charge >= 0.3 is 17.9 Å². The molecule has 0 heterocycles. The van der Waals surface area contributed by atoms with E-state index in [1.54, 1.807) is 6.92 Å². The molecule has 2 atom stereocenters. The van der Waals surface area contributed by atoms with Gasteiger partial charge in [-0.05, 0) is 6.92 Å². The fourth-order valence-electron chi connectivity index (χ4n) is 2.13. The summed E-state index contributed by atoms with van der Waals surface area (Å²) < 4.78 is 13.8. The lowest BCUT2D eigenvalue weighted by Crippen LogP contribution is -2.52. The van der Waals surface area contributed by atoms with Gasteiger partial charge in [-0.1, -0.05) is 6.92 Å². The average Bonchev–Trinajstić information content (AvgIpc) is 2.57. The molecule has 0 aliphatic heterocycles. The number of carbonyl (C=O) groups is 5. The summed E-state index contributed by atoms with van der Waals surface area (Å²) in [6.45, 7) is 3.18. The van der Waals surface area contributed by atoms with Gasteiger partial charge in [0, 0.05) is 12.3 Å². The van der Waals surface area contributed by atoms with E-state index in [4.69, 9.17) is 5.73 Å². The molecule has 0 unspecified atom stereocenters. The zero-order chi connectivity index (χ0) is 19.6. The maximum Gasteiger partial charge on any atom is 0.320 e. The number of nitrogens with one attached hydrogen (secondary N) is 1. The van der Waals surface area contributed by atoms with Gasteiger partial charge in [-0.15, -0.1) is 0 Å². The fourth-order valence-corrected chi connectivity index (χ4v) is 2.13. The summed E-state index contributed by atoms with van der Waals surface area (Å²) in [5.41, 5.74) is 5.26. The minimum absolute atomic E-state index is 0.182. The molecule has 0 rings (SSSR count). The van der Waals surface area contributed by atoms with E-state index < -0.39 is 47.6 Å². The van der Waals surface area contributed by atoms with Gasteiger partial charge in [-0.25, -0.2) is 0 Å². The van der Waals surface area contributed by atoms with Crippen molar-refractivity contribution in [2.45, 2.75) is 32.7 Å². The van der Waals surface area contributed by atoms with Gasteiger partial charge in [-0.2, -0.15) is 0 Å². The summed E-state index contributed by atoms with van der Waals surface area (Å²) >= 11 is 0. The second-order valence-corrected chi connectivity index (χ2v) is 5.14. The van der Waals surface area contributed by atoms with Crippen LogP contribution in [-0.2, 0) is 38.2 Å². The first-order chi connectivity index (χ1) is 11.7. The lowest BCUT2D eigenvalue weighted by atomic mass is 9.86. The molecule has 10 heteroatoms. The lowest BCUT2D eigenvalue weighted by molar-refractivity contribution is -0.162. The molecule has 0 aromatic rings. The Morgan fingerprint density at radius 2 is 1.52 bits per heavy atom. The summed E-state index contributed by atoms with van der Waals surface area (Å²) in [6, 6.07) is -1.34. The van der Waals surface area contributed by atoms with Gasteiger partial charge in [0.2, 0.25) is 11.8 Å². The van der Waals surface area contributed by atoms with Crippen molar-refractivity contribution in [3.05, 3.63) is 0 Å². The van der Waals surface area contributed by atoms with Crippen molar-refractivity contribution < 1.29 is 38.2 Å². The first-order valence-corrected chi connectivity index (χ1v) is 7.59. The Hall–Kier alpha value is -2.65. The van der Waals surface area contributed by atoms with Gasteiger partial charge in [0.1, 0.15) is 6.04 Å². The molecule has 0 spiro atoms. The largest absolute Gasteiger partial charge is 0.468 e. The predicted octanol–water partition coefficient (Wildman–Crippen LogP) is -1.10. The number of ether oxygens (including phenoxy) is 3. The maximum absolute atomic E-state index is 11.9. The zero-order valence-electron chi connectivity index (χ0n) is 14.7. The van der Waals surface area contributed by atoms with E-state index in [-0.39, 0.29) is 19.4 Å². The van der Waals surface area contributed by atoms with Crippen molar-refractivity contribution in [3.63, 3.8) is 0 Å². The number of hydrogen-bond acceptors (Lipinski definition) is 8. The topological polar surface area (TPSA) is 151 Å². The summed E-state index contributed by atoms with van der Waals surface area (Å²) in [5, 5.41) is 2.32. The highest BCUT2D eigenvalue weighted by atomic mass is 16.5. The van der Waals surface area contributed by atoms with E-state index in [1.807, 2.05) is 0 Å². The Morgan fingerprint density at radius 3 is 1.92 bits per heavy atom. The molecule has 3 N–H and O–H groups in total. The second-order valence-electron chi connectivity index (χ2n) is 5.14. The standard InChI is InChI=1S/C15H24N2O8/c1-5-25-10(19)7-6-9(18)17-12(13(16)20)8(2)11(14(21)23-3)15(22)24-4/h8,11-12H,5-7H2,1-4H3,(H2,16,20)(H,17,18)/t8-,12-/m1/s1. The minimum Gasteiger partial charge on any atom is -0.468 e. The third kappa shape index (κ3) is 7.19. The van der Waals surface area contributed by atoms with Gasteiger partial charge < -0.3 is 25.3 Å². The molecular weight excluding hydrogens is 336 g/mol. The van der Waals surface area contributed by atoms with Crippen LogP contribution in [0.2, 0.25) is 0 Å². The predicted molar refractivity (Wildman–Crippen MR) is 83.7 cm³/mol. The van der Waals surface area contributed by atoms with Gasteiger partial charge in [0.05, 0.1) is 27.2 Å². The number of amides is 2. The smallest absolute Gasteiger partial charge is 0.320 e. The van der Waals surface area contributed by atoms with Crippen LogP contribution in [0.1, 0.15) is 26.7 Å². The first-order valence-electron chi connectivity index (χ1n) is 7.59. The SMILES string of the molecule is CCOC(=O)CCC(=O)N[C@@H](C(N)=O)[C@H](C)C(C(=O)OC)C(=O)OC. The molecule has 2 amide bonds. The first kappa shape index (κ1) is 22.4. The van der Waals surface area contributed by atoms with Crippen molar-refractivity contribution in [1.29, 1.82) is 0 Å². The summed E-state index contributed by atoms with van der Waals surface area (Å²) in [6.07, 6.45) is -0.423. The molecule has 0 aliphatic carbocycles. The van der Waals surface area contributed by atoms with Crippen LogP contribution in [0.3, 0.4) is 0 Å². The van der Waals surface area contributed by atoms with Crippen molar-refractivity contribution in [2.75, 3.05) is 20.8 Å². The molecule has 0 aliphatic rings. The van der Waals surface area contributed by atoms with Crippen LogP contribution in [0.25, 0.3) is 0 Å². The van der Waals surface area contributed by atoms with E-state index in [0.29, 0.717) is 0 Å². The molecule has 0 saturated carbocycles. The Morgan fingerprint density at radius 1 is 1.00 bits per heavy atom. The Balaban J connectivity index is 5.09. The highest BCUT2D eigenvalue weighted by molar-refractivity contribution is 5.97. The Kier molecular flexibility index (Phi) is 9.83. The molecule has 0 aromatic heterocycles. The number of primary amides is 1. The number of hydrogen-bond donors (Lipinski definition) is 2. The van der Waals surface area contributed by atoms with Crippen LogP contribution in [0.4, 0.5) is 0 Å². The summed E-state index contributed by atoms with van der Waals surface area (Å²) in [4.78, 5) is 58.4. The molecule has 10 nitrogen and oxygen atoms in total. The Labute approximate surface area is 145 Å².